The van der Waals surface area contributed by atoms with Crippen molar-refractivity contribution in [2.24, 2.45) is 5.92 Å². The van der Waals surface area contributed by atoms with Gasteiger partial charge in [0.2, 0.25) is 11.7 Å². The van der Waals surface area contributed by atoms with Crippen LogP contribution in [0.2, 0.25) is 0 Å². The van der Waals surface area contributed by atoms with Gasteiger partial charge in [0, 0.05) is 12.6 Å². The number of hydrogen-bond acceptors (Lipinski definition) is 8. The third kappa shape index (κ3) is 5.98. The van der Waals surface area contributed by atoms with Gasteiger partial charge >= 0.3 is 12.3 Å². The van der Waals surface area contributed by atoms with Gasteiger partial charge in [-0.3, -0.25) is 0 Å². The van der Waals surface area contributed by atoms with Crippen LogP contribution in [0.15, 0.2) is 22.7 Å². The van der Waals surface area contributed by atoms with Crippen LogP contribution in [0, 0.1) is 5.92 Å². The van der Waals surface area contributed by atoms with Crippen molar-refractivity contribution in [1.29, 1.82) is 0 Å². The number of piperidine rings is 2. The molecule has 2 bridgehead atoms. The van der Waals surface area contributed by atoms with E-state index >= 15 is 4.39 Å². The average Bonchev–Trinajstić information content (AvgIpc) is 3.43. The minimum Gasteiger partial charge on any atom is -0.444 e. The van der Waals surface area contributed by atoms with Gasteiger partial charge in [-0.2, -0.15) is 18.2 Å². The Balaban J connectivity index is 1.45. The summed E-state index contributed by atoms with van der Waals surface area (Å²) in [4.78, 5) is 18.4. The van der Waals surface area contributed by atoms with Crippen molar-refractivity contribution in [1.82, 2.24) is 20.4 Å². The van der Waals surface area contributed by atoms with Gasteiger partial charge in [-0.05, 0) is 63.6 Å². The molecule has 3 aromatic rings. The van der Waals surface area contributed by atoms with Gasteiger partial charge in [-0.25, -0.2) is 9.18 Å². The first-order valence-electron chi connectivity index (χ1n) is 12.8. The smallest absolute Gasteiger partial charge is 0.408 e. The number of hydrogen-bond donors (Lipinski definition) is 2. The van der Waals surface area contributed by atoms with Crippen molar-refractivity contribution in [3.8, 4) is 10.7 Å². The number of aromatic nitrogens is 2. The fourth-order valence-electron chi connectivity index (χ4n) is 5.50. The zero-order valence-electron chi connectivity index (χ0n) is 22.1. The van der Waals surface area contributed by atoms with E-state index in [-0.39, 0.29) is 40.7 Å². The molecule has 1 unspecified atom stereocenters. The zero-order chi connectivity index (χ0) is 28.1. The minimum atomic E-state index is -4.48. The molecule has 1 aromatic carbocycles. The molecule has 4 atom stereocenters. The summed E-state index contributed by atoms with van der Waals surface area (Å²) < 4.78 is 67.3. The van der Waals surface area contributed by atoms with Gasteiger partial charge in [0.1, 0.15) is 18.3 Å². The van der Waals surface area contributed by atoms with Gasteiger partial charge in [0.05, 0.1) is 27.7 Å². The molecule has 2 aliphatic heterocycles. The van der Waals surface area contributed by atoms with E-state index in [9.17, 15) is 18.0 Å². The minimum absolute atomic E-state index is 0.0101. The Morgan fingerprint density at radius 1 is 1.26 bits per heavy atom. The van der Waals surface area contributed by atoms with E-state index in [4.69, 9.17) is 9.26 Å². The number of carbonyl (C=O) groups is 1. The number of alkyl carbamates (subject to hydrolysis) is 1. The quantitative estimate of drug-likeness (QED) is 0.356. The number of halogens is 4. The largest absolute Gasteiger partial charge is 0.444 e. The third-order valence-corrected chi connectivity index (χ3v) is 8.39. The number of rotatable bonds is 6. The lowest BCUT2D eigenvalue weighted by molar-refractivity contribution is -0.126. The fourth-order valence-corrected chi connectivity index (χ4v) is 6.72. The van der Waals surface area contributed by atoms with Gasteiger partial charge in [-0.1, -0.05) is 17.3 Å². The van der Waals surface area contributed by atoms with Crippen molar-refractivity contribution in [2.75, 3.05) is 18.9 Å². The van der Waals surface area contributed by atoms with Crippen LogP contribution in [-0.4, -0.2) is 64.8 Å². The molecule has 1 saturated carbocycles. The van der Waals surface area contributed by atoms with Crippen LogP contribution >= 0.6 is 11.3 Å². The molecular weight excluding hydrogens is 538 g/mol. The second-order valence-electron chi connectivity index (χ2n) is 11.2. The number of carbonyl (C=O) groups excluding carboxylic acids is 1. The number of nitrogens with zero attached hydrogens (tertiary/aromatic N) is 3. The standard InChI is InChI=1S/C26H31F4N5O3S/c1-25(2,3)37-24(36)31-11-18-33-23(34-38-18)22-15(10-26(28,29)30)14-6-5-7-16(21(14)39-22)32-20-13-8-9-17(19(20)27)35(4)12-13/h5-7,13,17,19-20,32H,8-12H2,1-4H3,(H,31,36)/t13?,17-,19+,20-/m1/s1. The molecule has 1 aliphatic carbocycles. The Kier molecular flexibility index (Phi) is 7.25. The van der Waals surface area contributed by atoms with E-state index in [0.29, 0.717) is 15.8 Å². The van der Waals surface area contributed by atoms with E-state index < -0.39 is 36.5 Å². The molecule has 2 aromatic heterocycles. The fraction of sp³-hybridized carbons (Fsp3) is 0.577. The number of thiophene rings is 1. The molecule has 1 amide bonds. The van der Waals surface area contributed by atoms with Crippen molar-refractivity contribution in [3.05, 3.63) is 29.7 Å². The molecule has 2 saturated heterocycles. The molecule has 39 heavy (non-hydrogen) atoms. The predicted molar refractivity (Wildman–Crippen MR) is 139 cm³/mol. The van der Waals surface area contributed by atoms with Crippen LogP contribution in [0.3, 0.4) is 0 Å². The Hall–Kier alpha value is -2.93. The lowest BCUT2D eigenvalue weighted by atomic mass is 9.75. The Bertz CT molecular complexity index is 1350. The Labute approximate surface area is 227 Å². The average molecular weight is 570 g/mol. The SMILES string of the molecule is CN1CC2CC[C@@H]1[C@H](F)[C@@H]2Nc1cccc2c(CC(F)(F)F)c(-c3noc(CNC(=O)OC(C)(C)C)n3)sc12. The van der Waals surface area contributed by atoms with Crippen molar-refractivity contribution in [2.45, 2.75) is 76.6 Å². The molecule has 212 valence electrons. The monoisotopic (exact) mass is 569 g/mol. The van der Waals surface area contributed by atoms with E-state index in [1.165, 1.54) is 0 Å². The number of amides is 1. The lowest BCUT2D eigenvalue weighted by Crippen LogP contribution is -2.62. The molecule has 8 nitrogen and oxygen atoms in total. The maximum Gasteiger partial charge on any atom is 0.408 e. The van der Waals surface area contributed by atoms with Crippen LogP contribution in [0.5, 0.6) is 0 Å². The van der Waals surface area contributed by atoms with Crippen molar-refractivity contribution in [3.63, 3.8) is 0 Å². The number of fused-ring (bicyclic) bond motifs is 4. The summed E-state index contributed by atoms with van der Waals surface area (Å²) in [5, 5.41) is 10.1. The van der Waals surface area contributed by atoms with Crippen LogP contribution in [0.25, 0.3) is 20.8 Å². The number of anilines is 1. The number of benzene rings is 1. The number of ether oxygens (including phenoxy) is 1. The first-order valence-corrected chi connectivity index (χ1v) is 13.6. The topological polar surface area (TPSA) is 92.5 Å². The zero-order valence-corrected chi connectivity index (χ0v) is 22.9. The first kappa shape index (κ1) is 27.6. The van der Waals surface area contributed by atoms with Crippen molar-refractivity contribution < 1.29 is 31.6 Å². The van der Waals surface area contributed by atoms with E-state index in [1.54, 1.807) is 39.0 Å². The van der Waals surface area contributed by atoms with Crippen LogP contribution in [-0.2, 0) is 17.7 Å². The number of nitrogens with one attached hydrogen (secondary N) is 2. The highest BCUT2D eigenvalue weighted by molar-refractivity contribution is 7.23. The van der Waals surface area contributed by atoms with E-state index in [0.717, 1.165) is 30.7 Å². The maximum atomic E-state index is 15.4. The highest BCUT2D eigenvalue weighted by atomic mass is 32.1. The summed E-state index contributed by atoms with van der Waals surface area (Å²) in [7, 11) is 1.93. The molecular formula is C26H31F4N5O3S. The summed E-state index contributed by atoms with van der Waals surface area (Å²) in [5.74, 6) is 0.118. The molecule has 13 heteroatoms. The summed E-state index contributed by atoms with van der Waals surface area (Å²) in [6, 6.07) is 4.48. The normalized spacial score (nSPS) is 23.8. The van der Waals surface area contributed by atoms with Gasteiger partial charge < -0.3 is 24.8 Å². The van der Waals surface area contributed by atoms with Gasteiger partial charge in [-0.15, -0.1) is 11.3 Å². The number of alkyl halides is 4. The van der Waals surface area contributed by atoms with Crippen LogP contribution in [0.1, 0.15) is 45.1 Å². The molecule has 4 heterocycles. The Morgan fingerprint density at radius 2 is 2.03 bits per heavy atom. The van der Waals surface area contributed by atoms with Crippen molar-refractivity contribution >= 4 is 33.2 Å². The van der Waals surface area contributed by atoms with Crippen LogP contribution in [0.4, 0.5) is 28.0 Å². The summed E-state index contributed by atoms with van der Waals surface area (Å²) in [6.07, 6.45) is -5.73. The summed E-state index contributed by atoms with van der Waals surface area (Å²) in [5.41, 5.74) is -0.0834. The van der Waals surface area contributed by atoms with E-state index in [2.05, 4.69) is 20.8 Å². The molecule has 2 N–H and O–H groups in total. The molecule has 0 radical (unpaired) electrons. The second-order valence-corrected chi connectivity index (χ2v) is 12.2. The van der Waals surface area contributed by atoms with Gasteiger partial charge in [0.25, 0.3) is 0 Å². The highest BCUT2D eigenvalue weighted by Gasteiger charge is 2.47. The first-order chi connectivity index (χ1) is 18.3. The molecule has 3 aliphatic rings. The Morgan fingerprint density at radius 3 is 2.69 bits per heavy atom. The lowest BCUT2D eigenvalue weighted by Gasteiger charge is -2.50. The summed E-state index contributed by atoms with van der Waals surface area (Å²) >= 11 is 1.11. The van der Waals surface area contributed by atoms with Gasteiger partial charge in [0.15, 0.2) is 0 Å². The predicted octanol–water partition coefficient (Wildman–Crippen LogP) is 5.92. The second kappa shape index (κ2) is 10.2. The third-order valence-electron chi connectivity index (χ3n) is 7.11. The molecule has 3 fully saturated rings. The van der Waals surface area contributed by atoms with E-state index in [1.807, 2.05) is 11.9 Å². The summed E-state index contributed by atoms with van der Waals surface area (Å²) in [6.45, 7) is 5.78. The molecule has 6 rings (SSSR count). The van der Waals surface area contributed by atoms with Crippen LogP contribution < -0.4 is 10.6 Å². The highest BCUT2D eigenvalue weighted by Crippen LogP contribution is 2.45. The maximum absolute atomic E-state index is 15.4. The molecule has 0 spiro atoms.